The first kappa shape index (κ1) is 14.3. The molecule has 0 aliphatic carbocycles. The second-order valence-electron chi connectivity index (χ2n) is 4.73. The molecule has 5 heteroatoms. The molecule has 1 atom stereocenters. The molecular formula is C14H18BrNO3. The molecule has 4 nitrogen and oxygen atoms in total. The minimum atomic E-state index is -0.752. The molecule has 0 aromatic heterocycles. The van der Waals surface area contributed by atoms with E-state index in [1.54, 1.807) is 0 Å². The molecule has 1 aliphatic rings. The van der Waals surface area contributed by atoms with E-state index in [0.29, 0.717) is 6.54 Å². The van der Waals surface area contributed by atoms with Gasteiger partial charge in [-0.2, -0.15) is 0 Å². The van der Waals surface area contributed by atoms with Crippen molar-refractivity contribution in [1.82, 2.24) is 4.90 Å². The van der Waals surface area contributed by atoms with Crippen LogP contribution in [0.5, 0.6) is 5.75 Å². The second-order valence-corrected chi connectivity index (χ2v) is 5.65. The van der Waals surface area contributed by atoms with Crippen LogP contribution in [0.15, 0.2) is 22.7 Å². The number of aliphatic carboxylic acids is 1. The van der Waals surface area contributed by atoms with Crippen LogP contribution in [0.2, 0.25) is 0 Å². The third-order valence-corrected chi connectivity index (χ3v) is 3.81. The number of carbonyl (C=O) groups is 1. The third-order valence-electron chi connectivity index (χ3n) is 3.31. The van der Waals surface area contributed by atoms with E-state index < -0.39 is 5.97 Å². The average Bonchev–Trinajstić information content (AvgIpc) is 2.75. The summed E-state index contributed by atoms with van der Waals surface area (Å²) in [6.07, 6.45) is 1.19. The van der Waals surface area contributed by atoms with Gasteiger partial charge < -0.3 is 9.84 Å². The highest BCUT2D eigenvalue weighted by Crippen LogP contribution is 2.31. The van der Waals surface area contributed by atoms with Crippen molar-refractivity contribution in [2.24, 2.45) is 0 Å². The van der Waals surface area contributed by atoms with Gasteiger partial charge in [0.1, 0.15) is 11.9 Å². The quantitative estimate of drug-likeness (QED) is 0.872. The van der Waals surface area contributed by atoms with Crippen molar-refractivity contribution in [2.45, 2.75) is 25.9 Å². The molecule has 1 heterocycles. The summed E-state index contributed by atoms with van der Waals surface area (Å²) in [6.45, 7) is 4.23. The van der Waals surface area contributed by atoms with E-state index in [-0.39, 0.29) is 12.5 Å². The number of fused-ring (bicyclic) bond motifs is 1. The Hall–Kier alpha value is -1.07. The lowest BCUT2D eigenvalue weighted by Gasteiger charge is -2.23. The fourth-order valence-corrected chi connectivity index (χ4v) is 2.72. The SMILES string of the molecule is CCN(CCC(=O)O)CC1Cc2cc(Br)ccc2O1. The molecule has 19 heavy (non-hydrogen) atoms. The maximum atomic E-state index is 10.6. The van der Waals surface area contributed by atoms with Crippen molar-refractivity contribution in [3.63, 3.8) is 0 Å². The Morgan fingerprint density at radius 1 is 1.58 bits per heavy atom. The van der Waals surface area contributed by atoms with Gasteiger partial charge in [0.05, 0.1) is 6.42 Å². The molecule has 1 aliphatic heterocycles. The lowest BCUT2D eigenvalue weighted by atomic mass is 10.1. The van der Waals surface area contributed by atoms with Crippen molar-refractivity contribution in [3.05, 3.63) is 28.2 Å². The first-order valence-corrected chi connectivity index (χ1v) is 7.27. The van der Waals surface area contributed by atoms with Crippen molar-refractivity contribution < 1.29 is 14.6 Å². The van der Waals surface area contributed by atoms with Crippen molar-refractivity contribution in [3.8, 4) is 5.75 Å². The van der Waals surface area contributed by atoms with Crippen LogP contribution >= 0.6 is 15.9 Å². The van der Waals surface area contributed by atoms with Crippen LogP contribution in [0.1, 0.15) is 18.9 Å². The number of nitrogens with zero attached hydrogens (tertiary/aromatic N) is 1. The highest BCUT2D eigenvalue weighted by Gasteiger charge is 2.24. The number of hydrogen-bond acceptors (Lipinski definition) is 3. The number of carboxylic acids is 1. The van der Waals surface area contributed by atoms with Crippen LogP contribution in [0, 0.1) is 0 Å². The lowest BCUT2D eigenvalue weighted by Crippen LogP contribution is -2.36. The van der Waals surface area contributed by atoms with Gasteiger partial charge in [-0.1, -0.05) is 22.9 Å². The van der Waals surface area contributed by atoms with Gasteiger partial charge in [-0.25, -0.2) is 0 Å². The minimum Gasteiger partial charge on any atom is -0.488 e. The molecule has 0 spiro atoms. The number of hydrogen-bond donors (Lipinski definition) is 1. The third kappa shape index (κ3) is 3.94. The molecular weight excluding hydrogens is 310 g/mol. The van der Waals surface area contributed by atoms with E-state index in [1.807, 2.05) is 19.1 Å². The topological polar surface area (TPSA) is 49.8 Å². The average molecular weight is 328 g/mol. The first-order chi connectivity index (χ1) is 9.08. The fraction of sp³-hybridized carbons (Fsp3) is 0.500. The molecule has 2 rings (SSSR count). The molecule has 0 saturated heterocycles. The van der Waals surface area contributed by atoms with Crippen LogP contribution in [0.4, 0.5) is 0 Å². The predicted molar refractivity (Wildman–Crippen MR) is 76.6 cm³/mol. The molecule has 0 saturated carbocycles. The molecule has 0 radical (unpaired) electrons. The van der Waals surface area contributed by atoms with E-state index in [9.17, 15) is 4.79 Å². The Morgan fingerprint density at radius 3 is 3.05 bits per heavy atom. The summed E-state index contributed by atoms with van der Waals surface area (Å²) in [5.74, 6) is 0.195. The van der Waals surface area contributed by atoms with Crippen molar-refractivity contribution in [2.75, 3.05) is 19.6 Å². The van der Waals surface area contributed by atoms with Gasteiger partial charge in [0.15, 0.2) is 0 Å². The van der Waals surface area contributed by atoms with Gasteiger partial charge in [0.2, 0.25) is 0 Å². The zero-order valence-electron chi connectivity index (χ0n) is 10.9. The first-order valence-electron chi connectivity index (χ1n) is 6.47. The van der Waals surface area contributed by atoms with Crippen LogP contribution in [0.25, 0.3) is 0 Å². The lowest BCUT2D eigenvalue weighted by molar-refractivity contribution is -0.137. The minimum absolute atomic E-state index is 0.123. The Bertz CT molecular complexity index is 464. The van der Waals surface area contributed by atoms with Crippen LogP contribution in [-0.4, -0.2) is 41.7 Å². The van der Waals surface area contributed by atoms with E-state index in [2.05, 4.69) is 26.9 Å². The van der Waals surface area contributed by atoms with Crippen molar-refractivity contribution >= 4 is 21.9 Å². The Labute approximate surface area is 121 Å². The predicted octanol–water partition coefficient (Wildman–Crippen LogP) is 2.55. The zero-order valence-corrected chi connectivity index (χ0v) is 12.5. The van der Waals surface area contributed by atoms with E-state index in [4.69, 9.17) is 9.84 Å². The summed E-state index contributed by atoms with van der Waals surface area (Å²) in [4.78, 5) is 12.7. The summed E-state index contributed by atoms with van der Waals surface area (Å²) < 4.78 is 6.95. The zero-order chi connectivity index (χ0) is 13.8. The monoisotopic (exact) mass is 327 g/mol. The summed E-state index contributed by atoms with van der Waals surface area (Å²) in [5.41, 5.74) is 1.22. The molecule has 0 amide bonds. The van der Waals surface area contributed by atoms with Crippen LogP contribution in [-0.2, 0) is 11.2 Å². The van der Waals surface area contributed by atoms with E-state index in [0.717, 1.165) is 29.7 Å². The largest absolute Gasteiger partial charge is 0.488 e. The summed E-state index contributed by atoms with van der Waals surface area (Å²) in [6, 6.07) is 6.04. The molecule has 1 aromatic carbocycles. The maximum Gasteiger partial charge on any atom is 0.304 e. The summed E-state index contributed by atoms with van der Waals surface area (Å²) in [7, 11) is 0. The number of ether oxygens (including phenoxy) is 1. The van der Waals surface area contributed by atoms with E-state index in [1.165, 1.54) is 5.56 Å². The smallest absolute Gasteiger partial charge is 0.304 e. The van der Waals surface area contributed by atoms with E-state index >= 15 is 0 Å². The standard InChI is InChI=1S/C14H18BrNO3/c1-2-16(6-5-14(17)18)9-12-8-10-7-11(15)3-4-13(10)19-12/h3-4,7,12H,2,5-6,8-9H2,1H3,(H,17,18). The molecule has 1 N–H and O–H groups in total. The van der Waals surface area contributed by atoms with Gasteiger partial charge in [-0.3, -0.25) is 9.69 Å². The molecule has 1 unspecified atom stereocenters. The molecule has 0 fully saturated rings. The summed E-state index contributed by atoms with van der Waals surface area (Å²) >= 11 is 3.46. The van der Waals surface area contributed by atoms with Gasteiger partial charge >= 0.3 is 5.97 Å². The number of rotatable bonds is 6. The van der Waals surface area contributed by atoms with Gasteiger partial charge in [-0.05, 0) is 30.3 Å². The molecule has 0 bridgehead atoms. The van der Waals surface area contributed by atoms with Crippen LogP contribution < -0.4 is 4.74 Å². The maximum absolute atomic E-state index is 10.6. The molecule has 104 valence electrons. The van der Waals surface area contributed by atoms with Crippen LogP contribution in [0.3, 0.4) is 0 Å². The number of benzene rings is 1. The highest BCUT2D eigenvalue weighted by molar-refractivity contribution is 9.10. The number of carboxylic acid groups (broad SMARTS) is 1. The Morgan fingerprint density at radius 2 is 2.37 bits per heavy atom. The number of halogens is 1. The Balaban J connectivity index is 1.89. The van der Waals surface area contributed by atoms with Gasteiger partial charge in [0, 0.05) is 24.0 Å². The fourth-order valence-electron chi connectivity index (χ4n) is 2.31. The Kier molecular flexibility index (Phi) is 4.82. The van der Waals surface area contributed by atoms with Crippen molar-refractivity contribution in [1.29, 1.82) is 0 Å². The summed E-state index contributed by atoms with van der Waals surface area (Å²) in [5, 5.41) is 8.73. The molecule has 1 aromatic rings. The second kappa shape index (κ2) is 6.39. The van der Waals surface area contributed by atoms with Gasteiger partial charge in [-0.15, -0.1) is 0 Å². The number of likely N-dealkylation sites (N-methyl/N-ethyl adjacent to an activating group) is 1. The normalized spacial score (nSPS) is 17.3. The van der Waals surface area contributed by atoms with Gasteiger partial charge in [0.25, 0.3) is 0 Å². The highest BCUT2D eigenvalue weighted by atomic mass is 79.9.